The SMILES string of the molecule is Cc1nc(N2CCCCC2)cc(N2CCN(C(=O)CC(C)C)CC2)n1. The van der Waals surface area contributed by atoms with Crippen molar-refractivity contribution in [3.63, 3.8) is 0 Å². The Kier molecular flexibility index (Phi) is 5.76. The summed E-state index contributed by atoms with van der Waals surface area (Å²) < 4.78 is 0. The number of piperidine rings is 1. The van der Waals surface area contributed by atoms with E-state index in [0.29, 0.717) is 12.3 Å². The van der Waals surface area contributed by atoms with E-state index >= 15 is 0 Å². The third-order valence-electron chi connectivity index (χ3n) is 5.03. The summed E-state index contributed by atoms with van der Waals surface area (Å²) in [7, 11) is 0. The maximum absolute atomic E-state index is 12.2. The van der Waals surface area contributed by atoms with Crippen LogP contribution in [0.3, 0.4) is 0 Å². The fourth-order valence-electron chi connectivity index (χ4n) is 3.65. The van der Waals surface area contributed by atoms with Gasteiger partial charge in [-0.15, -0.1) is 0 Å². The largest absolute Gasteiger partial charge is 0.356 e. The molecule has 2 saturated heterocycles. The van der Waals surface area contributed by atoms with E-state index in [4.69, 9.17) is 0 Å². The smallest absolute Gasteiger partial charge is 0.222 e. The Morgan fingerprint density at radius 3 is 2.08 bits per heavy atom. The molecule has 0 saturated carbocycles. The second-order valence-corrected chi connectivity index (χ2v) is 7.65. The number of nitrogens with zero attached hydrogens (tertiary/aromatic N) is 5. The van der Waals surface area contributed by atoms with E-state index in [2.05, 4.69) is 39.7 Å². The summed E-state index contributed by atoms with van der Waals surface area (Å²) in [5.41, 5.74) is 0. The Labute approximate surface area is 151 Å². The van der Waals surface area contributed by atoms with Crippen LogP contribution < -0.4 is 9.80 Å². The minimum Gasteiger partial charge on any atom is -0.356 e. The standard InChI is InChI=1S/C19H31N5O/c1-15(2)13-19(25)24-11-9-23(10-12-24)18-14-17(20-16(3)21-18)22-7-5-4-6-8-22/h14-15H,4-13H2,1-3H3. The number of aryl methyl sites for hydroxylation is 1. The number of piperazine rings is 1. The molecular weight excluding hydrogens is 314 g/mol. The van der Waals surface area contributed by atoms with Crippen molar-refractivity contribution in [1.29, 1.82) is 0 Å². The molecule has 138 valence electrons. The van der Waals surface area contributed by atoms with Gasteiger partial charge in [0.15, 0.2) is 0 Å². The molecule has 2 aliphatic heterocycles. The zero-order valence-corrected chi connectivity index (χ0v) is 15.9. The summed E-state index contributed by atoms with van der Waals surface area (Å²) in [5.74, 6) is 3.59. The molecule has 3 heterocycles. The Morgan fingerprint density at radius 2 is 1.52 bits per heavy atom. The number of aromatic nitrogens is 2. The van der Waals surface area contributed by atoms with Gasteiger partial charge in [-0.1, -0.05) is 13.8 Å². The second-order valence-electron chi connectivity index (χ2n) is 7.65. The monoisotopic (exact) mass is 345 g/mol. The molecule has 2 aliphatic rings. The molecule has 0 radical (unpaired) electrons. The van der Waals surface area contributed by atoms with Crippen molar-refractivity contribution < 1.29 is 4.79 Å². The highest BCUT2D eigenvalue weighted by molar-refractivity contribution is 5.76. The summed E-state index contributed by atoms with van der Waals surface area (Å²) in [6.07, 6.45) is 4.45. The van der Waals surface area contributed by atoms with Crippen LogP contribution in [0.25, 0.3) is 0 Å². The number of hydrogen-bond donors (Lipinski definition) is 0. The summed E-state index contributed by atoms with van der Waals surface area (Å²) in [4.78, 5) is 28.2. The summed E-state index contributed by atoms with van der Waals surface area (Å²) in [6.45, 7) is 11.6. The van der Waals surface area contributed by atoms with Crippen LogP contribution in [0.2, 0.25) is 0 Å². The van der Waals surface area contributed by atoms with E-state index in [1.807, 2.05) is 11.8 Å². The molecular formula is C19H31N5O. The summed E-state index contributed by atoms with van der Waals surface area (Å²) in [6, 6.07) is 2.13. The van der Waals surface area contributed by atoms with E-state index in [0.717, 1.165) is 56.7 Å². The first-order valence-electron chi connectivity index (χ1n) is 9.66. The number of hydrogen-bond acceptors (Lipinski definition) is 5. The maximum Gasteiger partial charge on any atom is 0.222 e. The van der Waals surface area contributed by atoms with Crippen LogP contribution in [0.15, 0.2) is 6.07 Å². The Hall–Kier alpha value is -1.85. The minimum absolute atomic E-state index is 0.280. The van der Waals surface area contributed by atoms with Gasteiger partial charge in [-0.05, 0) is 32.1 Å². The van der Waals surface area contributed by atoms with E-state index < -0.39 is 0 Å². The third kappa shape index (κ3) is 4.61. The third-order valence-corrected chi connectivity index (χ3v) is 5.03. The zero-order chi connectivity index (χ0) is 17.8. The molecule has 6 heteroatoms. The first-order chi connectivity index (χ1) is 12.0. The topological polar surface area (TPSA) is 52.6 Å². The fraction of sp³-hybridized carbons (Fsp3) is 0.737. The number of anilines is 2. The van der Waals surface area contributed by atoms with Gasteiger partial charge in [-0.3, -0.25) is 4.79 Å². The van der Waals surface area contributed by atoms with Crippen LogP contribution in [0, 0.1) is 12.8 Å². The highest BCUT2D eigenvalue weighted by atomic mass is 16.2. The summed E-state index contributed by atoms with van der Waals surface area (Å²) >= 11 is 0. The first-order valence-corrected chi connectivity index (χ1v) is 9.66. The van der Waals surface area contributed by atoms with Gasteiger partial charge >= 0.3 is 0 Å². The number of carbonyl (C=O) groups excluding carboxylic acids is 1. The average Bonchev–Trinajstić information content (AvgIpc) is 2.61. The van der Waals surface area contributed by atoms with Crippen molar-refractivity contribution in [3.05, 3.63) is 11.9 Å². The lowest BCUT2D eigenvalue weighted by molar-refractivity contribution is -0.132. The number of carbonyl (C=O) groups is 1. The van der Waals surface area contributed by atoms with Crippen molar-refractivity contribution in [1.82, 2.24) is 14.9 Å². The Balaban J connectivity index is 1.64. The molecule has 0 aliphatic carbocycles. The van der Waals surface area contributed by atoms with Crippen LogP contribution in [0.1, 0.15) is 45.4 Å². The molecule has 0 aromatic carbocycles. The fourth-order valence-corrected chi connectivity index (χ4v) is 3.65. The number of amides is 1. The highest BCUT2D eigenvalue weighted by Gasteiger charge is 2.23. The first kappa shape index (κ1) is 18.0. The zero-order valence-electron chi connectivity index (χ0n) is 15.9. The molecule has 6 nitrogen and oxygen atoms in total. The van der Waals surface area contributed by atoms with Gasteiger partial charge in [0.05, 0.1) is 0 Å². The molecule has 1 aromatic heterocycles. The molecule has 0 bridgehead atoms. The van der Waals surface area contributed by atoms with Gasteiger partial charge < -0.3 is 14.7 Å². The van der Waals surface area contributed by atoms with E-state index in [1.54, 1.807) is 0 Å². The predicted octanol–water partition coefficient (Wildman–Crippen LogP) is 2.47. The van der Waals surface area contributed by atoms with Gasteiger partial charge in [0.1, 0.15) is 17.5 Å². The lowest BCUT2D eigenvalue weighted by Crippen LogP contribution is -2.49. The molecule has 0 spiro atoms. The average molecular weight is 345 g/mol. The van der Waals surface area contributed by atoms with Crippen LogP contribution >= 0.6 is 0 Å². The second kappa shape index (κ2) is 8.02. The molecule has 0 N–H and O–H groups in total. The van der Waals surface area contributed by atoms with E-state index in [9.17, 15) is 4.79 Å². The lowest BCUT2D eigenvalue weighted by atomic mass is 10.1. The van der Waals surface area contributed by atoms with Crippen LogP contribution in [0.5, 0.6) is 0 Å². The van der Waals surface area contributed by atoms with Gasteiger partial charge in [0, 0.05) is 51.8 Å². The quantitative estimate of drug-likeness (QED) is 0.839. The van der Waals surface area contributed by atoms with Crippen molar-refractivity contribution >= 4 is 17.5 Å². The Morgan fingerprint density at radius 1 is 0.960 bits per heavy atom. The molecule has 1 aromatic rings. The predicted molar refractivity (Wildman–Crippen MR) is 101 cm³/mol. The van der Waals surface area contributed by atoms with E-state index in [-0.39, 0.29) is 5.91 Å². The van der Waals surface area contributed by atoms with Gasteiger partial charge in [-0.2, -0.15) is 0 Å². The van der Waals surface area contributed by atoms with E-state index in [1.165, 1.54) is 19.3 Å². The molecule has 25 heavy (non-hydrogen) atoms. The number of rotatable bonds is 4. The van der Waals surface area contributed by atoms with Crippen LogP contribution in [-0.4, -0.2) is 60.0 Å². The Bertz CT molecular complexity index is 589. The van der Waals surface area contributed by atoms with Crippen molar-refractivity contribution in [3.8, 4) is 0 Å². The van der Waals surface area contributed by atoms with Crippen molar-refractivity contribution in [2.45, 2.75) is 46.5 Å². The van der Waals surface area contributed by atoms with Crippen molar-refractivity contribution in [2.75, 3.05) is 49.1 Å². The maximum atomic E-state index is 12.2. The van der Waals surface area contributed by atoms with Gasteiger partial charge in [0.25, 0.3) is 0 Å². The molecule has 2 fully saturated rings. The molecule has 0 unspecified atom stereocenters. The molecule has 3 rings (SSSR count). The minimum atomic E-state index is 0.280. The highest BCUT2D eigenvalue weighted by Crippen LogP contribution is 2.23. The normalized spacial score (nSPS) is 18.8. The molecule has 0 atom stereocenters. The van der Waals surface area contributed by atoms with Crippen LogP contribution in [0.4, 0.5) is 11.6 Å². The van der Waals surface area contributed by atoms with Crippen LogP contribution in [-0.2, 0) is 4.79 Å². The summed E-state index contributed by atoms with van der Waals surface area (Å²) in [5, 5.41) is 0. The molecule has 1 amide bonds. The van der Waals surface area contributed by atoms with Crippen molar-refractivity contribution in [2.24, 2.45) is 5.92 Å². The van der Waals surface area contributed by atoms with Gasteiger partial charge in [-0.25, -0.2) is 9.97 Å². The lowest BCUT2D eigenvalue weighted by Gasteiger charge is -2.36. The van der Waals surface area contributed by atoms with Gasteiger partial charge in [0.2, 0.25) is 5.91 Å².